The summed E-state index contributed by atoms with van der Waals surface area (Å²) < 4.78 is 4.73. The molecule has 2 atom stereocenters. The van der Waals surface area contributed by atoms with E-state index in [1.54, 1.807) is 0 Å². The van der Waals surface area contributed by atoms with E-state index < -0.39 is 6.04 Å². The Morgan fingerprint density at radius 2 is 2.15 bits per heavy atom. The highest BCUT2D eigenvalue weighted by atomic mass is 16.5. The van der Waals surface area contributed by atoms with Crippen LogP contribution in [-0.4, -0.2) is 55.6 Å². The summed E-state index contributed by atoms with van der Waals surface area (Å²) in [5, 5.41) is 2.77. The minimum atomic E-state index is -0.564. The molecule has 6 heteroatoms. The molecular formula is C14H27N3O3. The van der Waals surface area contributed by atoms with Gasteiger partial charge in [-0.1, -0.05) is 13.8 Å². The van der Waals surface area contributed by atoms with Crippen LogP contribution in [0.3, 0.4) is 0 Å². The van der Waals surface area contributed by atoms with Gasteiger partial charge in [0.1, 0.15) is 6.04 Å². The van der Waals surface area contributed by atoms with Crippen molar-refractivity contribution in [2.24, 2.45) is 11.7 Å². The number of rotatable bonds is 6. The van der Waals surface area contributed by atoms with Gasteiger partial charge in [-0.3, -0.25) is 9.69 Å². The maximum absolute atomic E-state index is 12.0. The maximum atomic E-state index is 12.0. The zero-order valence-corrected chi connectivity index (χ0v) is 12.7. The number of nitrogens with one attached hydrogen (secondary N) is 1. The molecule has 20 heavy (non-hydrogen) atoms. The predicted molar refractivity (Wildman–Crippen MR) is 77.1 cm³/mol. The number of nitrogens with two attached hydrogens (primary N) is 1. The van der Waals surface area contributed by atoms with E-state index in [2.05, 4.69) is 5.32 Å². The molecule has 116 valence electrons. The van der Waals surface area contributed by atoms with Crippen LogP contribution >= 0.6 is 0 Å². The Morgan fingerprint density at radius 3 is 2.70 bits per heavy atom. The van der Waals surface area contributed by atoms with Crippen LogP contribution < -0.4 is 11.1 Å². The minimum absolute atomic E-state index is 0.142. The molecule has 1 aliphatic heterocycles. The Kier molecular flexibility index (Phi) is 6.95. The molecule has 0 bridgehead atoms. The third-order valence-electron chi connectivity index (χ3n) is 3.44. The van der Waals surface area contributed by atoms with Gasteiger partial charge in [0, 0.05) is 12.6 Å². The SMILES string of the molecule is COC(=O)C(CC(C)C)NC(=O)CN1CCCC(N)C1. The first-order valence-corrected chi connectivity index (χ1v) is 7.27. The number of esters is 1. The molecule has 0 aliphatic carbocycles. The van der Waals surface area contributed by atoms with Crippen molar-refractivity contribution in [3.8, 4) is 0 Å². The zero-order valence-electron chi connectivity index (χ0n) is 12.7. The second-order valence-electron chi connectivity index (χ2n) is 5.91. The van der Waals surface area contributed by atoms with Crippen LogP contribution in [0.2, 0.25) is 0 Å². The van der Waals surface area contributed by atoms with Crippen molar-refractivity contribution in [2.75, 3.05) is 26.7 Å². The molecule has 3 N–H and O–H groups in total. The van der Waals surface area contributed by atoms with E-state index in [4.69, 9.17) is 10.5 Å². The minimum Gasteiger partial charge on any atom is -0.467 e. The van der Waals surface area contributed by atoms with Crippen molar-refractivity contribution in [1.82, 2.24) is 10.2 Å². The monoisotopic (exact) mass is 285 g/mol. The molecule has 1 heterocycles. The number of hydrogen-bond acceptors (Lipinski definition) is 5. The third-order valence-corrected chi connectivity index (χ3v) is 3.44. The summed E-state index contributed by atoms with van der Waals surface area (Å²) in [6, 6.07) is -0.422. The Hall–Kier alpha value is -1.14. The summed E-state index contributed by atoms with van der Waals surface area (Å²) in [6.45, 7) is 5.92. The molecule has 1 saturated heterocycles. The average molecular weight is 285 g/mol. The predicted octanol–water partition coefficient (Wildman–Crippen LogP) is 0.113. The molecule has 0 spiro atoms. The van der Waals surface area contributed by atoms with Crippen LogP contribution in [0.4, 0.5) is 0 Å². The van der Waals surface area contributed by atoms with Crippen LogP contribution in [0.1, 0.15) is 33.1 Å². The number of likely N-dealkylation sites (tertiary alicyclic amines) is 1. The Balaban J connectivity index is 2.46. The van der Waals surface area contributed by atoms with Crippen molar-refractivity contribution in [3.05, 3.63) is 0 Å². The van der Waals surface area contributed by atoms with Crippen LogP contribution in [0.25, 0.3) is 0 Å². The second kappa shape index (κ2) is 8.21. The van der Waals surface area contributed by atoms with E-state index in [0.717, 1.165) is 25.9 Å². The molecule has 1 aliphatic rings. The van der Waals surface area contributed by atoms with E-state index in [0.29, 0.717) is 18.9 Å². The number of piperidine rings is 1. The Morgan fingerprint density at radius 1 is 1.45 bits per heavy atom. The van der Waals surface area contributed by atoms with Crippen LogP contribution in [-0.2, 0) is 14.3 Å². The Bertz CT molecular complexity index is 334. The summed E-state index contributed by atoms with van der Waals surface area (Å²) in [6.07, 6.45) is 2.61. The lowest BCUT2D eigenvalue weighted by atomic mass is 10.0. The van der Waals surface area contributed by atoms with E-state index in [-0.39, 0.29) is 17.9 Å². The standard InChI is InChI=1S/C14H27N3O3/c1-10(2)7-12(14(19)20-3)16-13(18)9-17-6-4-5-11(15)8-17/h10-12H,4-9,15H2,1-3H3,(H,16,18). The quantitative estimate of drug-likeness (QED) is 0.677. The fourth-order valence-corrected chi connectivity index (χ4v) is 2.51. The zero-order chi connectivity index (χ0) is 15.1. The largest absolute Gasteiger partial charge is 0.467 e. The lowest BCUT2D eigenvalue weighted by Crippen LogP contribution is -2.50. The molecule has 6 nitrogen and oxygen atoms in total. The van der Waals surface area contributed by atoms with Gasteiger partial charge in [-0.25, -0.2) is 4.79 Å². The lowest BCUT2D eigenvalue weighted by molar-refractivity contribution is -0.145. The number of hydrogen-bond donors (Lipinski definition) is 2. The van der Waals surface area contributed by atoms with Crippen molar-refractivity contribution in [2.45, 2.75) is 45.2 Å². The van der Waals surface area contributed by atoms with Gasteiger partial charge in [0.05, 0.1) is 13.7 Å². The van der Waals surface area contributed by atoms with Gasteiger partial charge in [0.15, 0.2) is 0 Å². The topological polar surface area (TPSA) is 84.7 Å². The second-order valence-corrected chi connectivity index (χ2v) is 5.91. The summed E-state index contributed by atoms with van der Waals surface area (Å²) in [5.74, 6) is -0.222. The molecule has 0 aromatic carbocycles. The molecule has 2 unspecified atom stereocenters. The summed E-state index contributed by atoms with van der Waals surface area (Å²) in [7, 11) is 1.34. The Labute approximate surface area is 121 Å². The smallest absolute Gasteiger partial charge is 0.328 e. The number of carbonyl (C=O) groups is 2. The lowest BCUT2D eigenvalue weighted by Gasteiger charge is -2.30. The fraction of sp³-hybridized carbons (Fsp3) is 0.857. The highest BCUT2D eigenvalue weighted by Crippen LogP contribution is 2.09. The van der Waals surface area contributed by atoms with Crippen LogP contribution in [0, 0.1) is 5.92 Å². The molecule has 0 aromatic rings. The highest BCUT2D eigenvalue weighted by Gasteiger charge is 2.24. The third kappa shape index (κ3) is 5.88. The molecule has 1 amide bonds. The van der Waals surface area contributed by atoms with Crippen LogP contribution in [0.15, 0.2) is 0 Å². The molecule has 0 saturated carbocycles. The van der Waals surface area contributed by atoms with E-state index in [9.17, 15) is 9.59 Å². The van der Waals surface area contributed by atoms with Gasteiger partial charge >= 0.3 is 5.97 Å². The van der Waals surface area contributed by atoms with Gasteiger partial charge in [0.2, 0.25) is 5.91 Å². The number of ether oxygens (including phenoxy) is 1. The normalized spacial score (nSPS) is 21.6. The fourth-order valence-electron chi connectivity index (χ4n) is 2.51. The first-order chi connectivity index (χ1) is 9.42. The number of amides is 1. The number of methoxy groups -OCH3 is 1. The van der Waals surface area contributed by atoms with Crippen molar-refractivity contribution in [1.29, 1.82) is 0 Å². The van der Waals surface area contributed by atoms with Gasteiger partial charge in [-0.15, -0.1) is 0 Å². The highest BCUT2D eigenvalue weighted by molar-refractivity contribution is 5.85. The summed E-state index contributed by atoms with van der Waals surface area (Å²) in [5.41, 5.74) is 5.89. The number of carbonyl (C=O) groups excluding carboxylic acids is 2. The first kappa shape index (κ1) is 16.9. The van der Waals surface area contributed by atoms with Gasteiger partial charge in [-0.05, 0) is 31.7 Å². The van der Waals surface area contributed by atoms with Crippen LogP contribution in [0.5, 0.6) is 0 Å². The van der Waals surface area contributed by atoms with E-state index in [1.807, 2.05) is 18.7 Å². The van der Waals surface area contributed by atoms with Gasteiger partial charge in [0.25, 0.3) is 0 Å². The van der Waals surface area contributed by atoms with Crippen molar-refractivity contribution in [3.63, 3.8) is 0 Å². The van der Waals surface area contributed by atoms with Gasteiger partial charge in [-0.2, -0.15) is 0 Å². The molecule has 1 rings (SSSR count). The average Bonchev–Trinajstić information content (AvgIpc) is 2.36. The molecule has 1 fully saturated rings. The molecule has 0 aromatic heterocycles. The molecule has 0 radical (unpaired) electrons. The summed E-state index contributed by atoms with van der Waals surface area (Å²) in [4.78, 5) is 25.7. The van der Waals surface area contributed by atoms with Gasteiger partial charge < -0.3 is 15.8 Å². The molecular weight excluding hydrogens is 258 g/mol. The van der Waals surface area contributed by atoms with E-state index >= 15 is 0 Å². The van der Waals surface area contributed by atoms with Crippen molar-refractivity contribution >= 4 is 11.9 Å². The van der Waals surface area contributed by atoms with Crippen molar-refractivity contribution < 1.29 is 14.3 Å². The number of nitrogens with zero attached hydrogens (tertiary/aromatic N) is 1. The first-order valence-electron chi connectivity index (χ1n) is 7.27. The maximum Gasteiger partial charge on any atom is 0.328 e. The van der Waals surface area contributed by atoms with E-state index in [1.165, 1.54) is 7.11 Å². The summed E-state index contributed by atoms with van der Waals surface area (Å²) >= 11 is 0.